The van der Waals surface area contributed by atoms with Crippen molar-refractivity contribution in [2.45, 2.75) is 6.54 Å². The van der Waals surface area contributed by atoms with Crippen LogP contribution in [0, 0.1) is 0 Å². The van der Waals surface area contributed by atoms with E-state index in [9.17, 15) is 4.79 Å². The van der Waals surface area contributed by atoms with Gasteiger partial charge in [-0.15, -0.1) is 11.3 Å². The zero-order chi connectivity index (χ0) is 13.8. The van der Waals surface area contributed by atoms with Gasteiger partial charge in [0.05, 0.1) is 24.9 Å². The molecule has 0 amide bonds. The molecule has 0 aromatic carbocycles. The molecule has 0 aliphatic heterocycles. The molecular formula is C13H15N3O2S. The molecule has 0 atom stereocenters. The van der Waals surface area contributed by atoms with E-state index in [-0.39, 0.29) is 0 Å². The van der Waals surface area contributed by atoms with Crippen molar-refractivity contribution in [1.82, 2.24) is 4.98 Å². The number of aromatic nitrogens is 1. The summed E-state index contributed by atoms with van der Waals surface area (Å²) in [5, 5.41) is 2.02. The molecule has 19 heavy (non-hydrogen) atoms. The van der Waals surface area contributed by atoms with Gasteiger partial charge in [-0.2, -0.15) is 0 Å². The molecule has 0 fully saturated rings. The highest BCUT2D eigenvalue weighted by atomic mass is 32.1. The number of ether oxygens (including phenoxy) is 1. The fourth-order valence-corrected chi connectivity index (χ4v) is 2.52. The molecule has 2 aromatic rings. The van der Waals surface area contributed by atoms with Gasteiger partial charge in [-0.25, -0.2) is 9.78 Å². The van der Waals surface area contributed by atoms with Crippen molar-refractivity contribution in [3.63, 3.8) is 0 Å². The zero-order valence-corrected chi connectivity index (χ0v) is 11.6. The summed E-state index contributed by atoms with van der Waals surface area (Å²) in [4.78, 5) is 18.9. The Balaban J connectivity index is 2.27. The number of anilines is 2. The second-order valence-electron chi connectivity index (χ2n) is 4.02. The fourth-order valence-electron chi connectivity index (χ4n) is 1.77. The van der Waals surface area contributed by atoms with Gasteiger partial charge in [0.1, 0.15) is 0 Å². The number of nitrogens with two attached hydrogens (primary N) is 1. The van der Waals surface area contributed by atoms with Crippen LogP contribution in [-0.4, -0.2) is 25.1 Å². The van der Waals surface area contributed by atoms with Crippen LogP contribution in [-0.2, 0) is 11.3 Å². The summed E-state index contributed by atoms with van der Waals surface area (Å²) >= 11 is 1.66. The lowest BCUT2D eigenvalue weighted by Gasteiger charge is -2.20. The number of hydrogen-bond acceptors (Lipinski definition) is 6. The third-order valence-corrected chi connectivity index (χ3v) is 3.57. The predicted molar refractivity (Wildman–Crippen MR) is 76.4 cm³/mol. The van der Waals surface area contributed by atoms with E-state index in [2.05, 4.69) is 4.98 Å². The van der Waals surface area contributed by atoms with Crippen molar-refractivity contribution < 1.29 is 9.53 Å². The number of hydrogen-bond donors (Lipinski definition) is 1. The highest BCUT2D eigenvalue weighted by molar-refractivity contribution is 7.09. The standard InChI is InChI=1S/C13H15N3O2S/c1-16(8-9-4-3-7-19-9)12-11(14)10(5-6-15-12)13(17)18-2/h3-7H,8,14H2,1-2H3. The van der Waals surface area contributed by atoms with E-state index in [0.29, 0.717) is 23.6 Å². The summed E-state index contributed by atoms with van der Waals surface area (Å²) in [6, 6.07) is 5.60. The topological polar surface area (TPSA) is 68.5 Å². The normalized spacial score (nSPS) is 10.2. The summed E-state index contributed by atoms with van der Waals surface area (Å²) in [6.07, 6.45) is 1.56. The van der Waals surface area contributed by atoms with Crippen LogP contribution in [0.5, 0.6) is 0 Å². The monoisotopic (exact) mass is 277 g/mol. The molecule has 0 radical (unpaired) electrons. The van der Waals surface area contributed by atoms with Crippen LogP contribution < -0.4 is 10.6 Å². The minimum Gasteiger partial charge on any atom is -0.465 e. The smallest absolute Gasteiger partial charge is 0.340 e. The van der Waals surface area contributed by atoms with E-state index in [1.54, 1.807) is 23.6 Å². The van der Waals surface area contributed by atoms with Crippen molar-refractivity contribution in [3.05, 3.63) is 40.2 Å². The van der Waals surface area contributed by atoms with Crippen LogP contribution >= 0.6 is 11.3 Å². The van der Waals surface area contributed by atoms with Crippen LogP contribution in [0.1, 0.15) is 15.2 Å². The molecule has 0 spiro atoms. The lowest BCUT2D eigenvalue weighted by Crippen LogP contribution is -2.20. The largest absolute Gasteiger partial charge is 0.465 e. The second-order valence-corrected chi connectivity index (χ2v) is 5.06. The van der Waals surface area contributed by atoms with Crippen LogP contribution in [0.25, 0.3) is 0 Å². The Bertz CT molecular complexity index is 569. The molecule has 0 aliphatic rings. The van der Waals surface area contributed by atoms with Gasteiger partial charge in [-0.05, 0) is 17.5 Å². The van der Waals surface area contributed by atoms with Crippen LogP contribution in [0.2, 0.25) is 0 Å². The number of esters is 1. The zero-order valence-electron chi connectivity index (χ0n) is 10.8. The highest BCUT2D eigenvalue weighted by Gasteiger charge is 2.16. The van der Waals surface area contributed by atoms with E-state index in [0.717, 1.165) is 0 Å². The Morgan fingerprint density at radius 1 is 1.53 bits per heavy atom. The first-order chi connectivity index (χ1) is 9.13. The Labute approximate surface area is 115 Å². The number of methoxy groups -OCH3 is 1. The molecule has 2 heterocycles. The molecule has 0 aliphatic carbocycles. The van der Waals surface area contributed by atoms with E-state index in [1.165, 1.54) is 12.0 Å². The van der Waals surface area contributed by atoms with E-state index in [1.807, 2.05) is 29.5 Å². The van der Waals surface area contributed by atoms with E-state index >= 15 is 0 Å². The highest BCUT2D eigenvalue weighted by Crippen LogP contribution is 2.25. The number of rotatable bonds is 4. The third kappa shape index (κ3) is 2.85. The average molecular weight is 277 g/mol. The van der Waals surface area contributed by atoms with Gasteiger partial charge in [-0.1, -0.05) is 6.07 Å². The summed E-state index contributed by atoms with van der Waals surface area (Å²) in [5.74, 6) is 0.127. The maximum absolute atomic E-state index is 11.6. The van der Waals surface area contributed by atoms with Gasteiger partial charge >= 0.3 is 5.97 Å². The third-order valence-electron chi connectivity index (χ3n) is 2.71. The molecule has 2 N–H and O–H groups in total. The van der Waals surface area contributed by atoms with Crippen LogP contribution in [0.3, 0.4) is 0 Å². The number of nitrogen functional groups attached to an aromatic ring is 1. The molecule has 2 aromatic heterocycles. The molecule has 0 bridgehead atoms. The Hall–Kier alpha value is -2.08. The minimum atomic E-state index is -0.453. The van der Waals surface area contributed by atoms with Gasteiger partial charge in [0.2, 0.25) is 0 Å². The quantitative estimate of drug-likeness (QED) is 0.867. The van der Waals surface area contributed by atoms with Crippen molar-refractivity contribution in [2.24, 2.45) is 0 Å². The first-order valence-electron chi connectivity index (χ1n) is 5.69. The van der Waals surface area contributed by atoms with Crippen LogP contribution in [0.4, 0.5) is 11.5 Å². The second kappa shape index (κ2) is 5.71. The number of thiophene rings is 1. The SMILES string of the molecule is COC(=O)c1ccnc(N(C)Cc2cccs2)c1N. The molecule has 100 valence electrons. The molecule has 2 rings (SSSR count). The van der Waals surface area contributed by atoms with Crippen LogP contribution in [0.15, 0.2) is 29.8 Å². The molecular weight excluding hydrogens is 262 g/mol. The molecule has 0 unspecified atom stereocenters. The van der Waals surface area contributed by atoms with Crippen molar-refractivity contribution in [3.8, 4) is 0 Å². The van der Waals surface area contributed by atoms with Gasteiger partial charge in [0, 0.05) is 18.1 Å². The Kier molecular flexibility index (Phi) is 4.01. The summed E-state index contributed by atoms with van der Waals surface area (Å²) in [7, 11) is 3.22. The van der Waals surface area contributed by atoms with Gasteiger partial charge in [0.25, 0.3) is 0 Å². The van der Waals surface area contributed by atoms with Crippen molar-refractivity contribution >= 4 is 28.8 Å². The van der Waals surface area contributed by atoms with Gasteiger partial charge in [-0.3, -0.25) is 0 Å². The molecule has 0 saturated heterocycles. The first-order valence-corrected chi connectivity index (χ1v) is 6.57. The number of carbonyl (C=O) groups excluding carboxylic acids is 1. The molecule has 0 saturated carbocycles. The first kappa shape index (κ1) is 13.4. The number of pyridine rings is 1. The minimum absolute atomic E-state index is 0.338. The van der Waals surface area contributed by atoms with Crippen molar-refractivity contribution in [1.29, 1.82) is 0 Å². The number of carbonyl (C=O) groups is 1. The molecule has 6 heteroatoms. The fraction of sp³-hybridized carbons (Fsp3) is 0.231. The lowest BCUT2D eigenvalue weighted by molar-refractivity contribution is 0.0602. The Morgan fingerprint density at radius 2 is 2.32 bits per heavy atom. The summed E-state index contributed by atoms with van der Waals surface area (Å²) < 4.78 is 4.69. The van der Waals surface area contributed by atoms with Gasteiger partial charge < -0.3 is 15.4 Å². The average Bonchev–Trinajstić information content (AvgIpc) is 2.90. The van der Waals surface area contributed by atoms with Crippen molar-refractivity contribution in [2.75, 3.05) is 24.8 Å². The summed E-state index contributed by atoms with van der Waals surface area (Å²) in [6.45, 7) is 0.694. The van der Waals surface area contributed by atoms with E-state index < -0.39 is 5.97 Å². The maximum Gasteiger partial charge on any atom is 0.340 e. The maximum atomic E-state index is 11.6. The predicted octanol–water partition coefficient (Wildman–Crippen LogP) is 2.15. The van der Waals surface area contributed by atoms with E-state index in [4.69, 9.17) is 10.5 Å². The summed E-state index contributed by atoms with van der Waals surface area (Å²) in [5.41, 5.74) is 6.67. The molecule has 5 nitrogen and oxygen atoms in total. The number of nitrogens with zero attached hydrogens (tertiary/aromatic N) is 2. The van der Waals surface area contributed by atoms with Gasteiger partial charge in [0.15, 0.2) is 5.82 Å². The Morgan fingerprint density at radius 3 is 2.95 bits per heavy atom. The lowest BCUT2D eigenvalue weighted by atomic mass is 10.2.